The Kier molecular flexibility index (Phi) is 3.56. The molecule has 0 unspecified atom stereocenters. The average molecular weight is 259 g/mol. The van der Waals surface area contributed by atoms with Gasteiger partial charge in [-0.1, -0.05) is 0 Å². The molecular formula is C12H13N5O2. The molecule has 0 spiro atoms. The normalized spacial score (nSPS) is 10.2. The molecule has 0 bridgehead atoms. The Labute approximate surface area is 109 Å². The Balaban J connectivity index is 2.12. The first-order valence-electron chi connectivity index (χ1n) is 5.57. The number of carboxylic acids is 1. The molecule has 0 amide bonds. The van der Waals surface area contributed by atoms with Crippen LogP contribution in [0.2, 0.25) is 0 Å². The summed E-state index contributed by atoms with van der Waals surface area (Å²) in [4.78, 5) is 23.2. The van der Waals surface area contributed by atoms with Crippen molar-refractivity contribution in [3.8, 4) is 0 Å². The minimum Gasteiger partial charge on any atom is -0.478 e. The van der Waals surface area contributed by atoms with E-state index in [2.05, 4.69) is 20.3 Å². The number of aromatic carboxylic acids is 1. The van der Waals surface area contributed by atoms with E-state index in [0.717, 1.165) is 5.69 Å². The molecule has 7 nitrogen and oxygen atoms in total. The standard InChI is InChI=1S/C12H13N5O2/c1-7-14-3-2-8(17-7)5-15-11-4-9(12(18)19)10(13)6-16-11/h2-4,6H,5,13H2,1H3,(H,15,16)(H,18,19). The van der Waals surface area contributed by atoms with Crippen molar-refractivity contribution in [2.24, 2.45) is 0 Å². The molecule has 2 heterocycles. The number of nitrogens with two attached hydrogens (primary N) is 1. The first-order chi connectivity index (χ1) is 9.06. The van der Waals surface area contributed by atoms with Crippen molar-refractivity contribution in [2.45, 2.75) is 13.5 Å². The van der Waals surface area contributed by atoms with Crippen molar-refractivity contribution in [3.05, 3.63) is 41.6 Å². The zero-order valence-electron chi connectivity index (χ0n) is 10.3. The summed E-state index contributed by atoms with van der Waals surface area (Å²) in [6.45, 7) is 2.23. The first-order valence-corrected chi connectivity index (χ1v) is 5.57. The van der Waals surface area contributed by atoms with E-state index in [9.17, 15) is 4.79 Å². The Hall–Kier alpha value is -2.70. The Bertz CT molecular complexity index is 615. The van der Waals surface area contributed by atoms with Crippen LogP contribution in [0.4, 0.5) is 11.5 Å². The lowest BCUT2D eigenvalue weighted by Crippen LogP contribution is -2.08. The number of hydrogen-bond donors (Lipinski definition) is 3. The van der Waals surface area contributed by atoms with Gasteiger partial charge < -0.3 is 16.2 Å². The lowest BCUT2D eigenvalue weighted by atomic mass is 10.2. The summed E-state index contributed by atoms with van der Waals surface area (Å²) >= 11 is 0. The predicted octanol–water partition coefficient (Wildman–Crippen LogP) is 1.07. The van der Waals surface area contributed by atoms with Crippen LogP contribution in [0.25, 0.3) is 0 Å². The van der Waals surface area contributed by atoms with Crippen molar-refractivity contribution >= 4 is 17.5 Å². The number of aromatic nitrogens is 3. The minimum atomic E-state index is -1.08. The highest BCUT2D eigenvalue weighted by atomic mass is 16.4. The van der Waals surface area contributed by atoms with Crippen molar-refractivity contribution in [1.29, 1.82) is 0 Å². The number of nitrogens with zero attached hydrogens (tertiary/aromatic N) is 3. The highest BCUT2D eigenvalue weighted by Gasteiger charge is 2.09. The lowest BCUT2D eigenvalue weighted by Gasteiger charge is -2.07. The van der Waals surface area contributed by atoms with E-state index < -0.39 is 5.97 Å². The van der Waals surface area contributed by atoms with Gasteiger partial charge in [-0.25, -0.2) is 19.7 Å². The molecule has 0 saturated heterocycles. The molecule has 0 aliphatic carbocycles. The van der Waals surface area contributed by atoms with Gasteiger partial charge in [0, 0.05) is 6.20 Å². The molecule has 7 heteroatoms. The summed E-state index contributed by atoms with van der Waals surface area (Å²) in [7, 11) is 0. The number of carbonyl (C=O) groups is 1. The van der Waals surface area contributed by atoms with Crippen LogP contribution < -0.4 is 11.1 Å². The molecule has 0 aliphatic heterocycles. The summed E-state index contributed by atoms with van der Waals surface area (Å²) < 4.78 is 0. The topological polar surface area (TPSA) is 114 Å². The van der Waals surface area contributed by atoms with Crippen molar-refractivity contribution in [1.82, 2.24) is 15.0 Å². The maximum atomic E-state index is 10.9. The van der Waals surface area contributed by atoms with E-state index in [1.165, 1.54) is 12.3 Å². The number of nitrogens with one attached hydrogen (secondary N) is 1. The monoisotopic (exact) mass is 259 g/mol. The van der Waals surface area contributed by atoms with Gasteiger partial charge in [0.15, 0.2) is 0 Å². The quantitative estimate of drug-likeness (QED) is 0.752. The fourth-order valence-electron chi connectivity index (χ4n) is 1.53. The highest BCUT2D eigenvalue weighted by molar-refractivity contribution is 5.94. The lowest BCUT2D eigenvalue weighted by molar-refractivity contribution is 0.0698. The maximum absolute atomic E-state index is 10.9. The van der Waals surface area contributed by atoms with Gasteiger partial charge >= 0.3 is 5.97 Å². The number of hydrogen-bond acceptors (Lipinski definition) is 6. The number of aryl methyl sites for hydroxylation is 1. The van der Waals surface area contributed by atoms with Gasteiger partial charge in [0.2, 0.25) is 0 Å². The van der Waals surface area contributed by atoms with E-state index in [-0.39, 0.29) is 11.3 Å². The second-order valence-corrected chi connectivity index (χ2v) is 3.91. The third-order valence-electron chi connectivity index (χ3n) is 2.45. The van der Waals surface area contributed by atoms with Gasteiger partial charge in [0.25, 0.3) is 0 Å². The number of carboxylic acid groups (broad SMARTS) is 1. The van der Waals surface area contributed by atoms with Gasteiger partial charge in [-0.2, -0.15) is 0 Å². The van der Waals surface area contributed by atoms with Crippen LogP contribution in [0.1, 0.15) is 21.9 Å². The zero-order valence-corrected chi connectivity index (χ0v) is 10.3. The smallest absolute Gasteiger partial charge is 0.337 e. The van der Waals surface area contributed by atoms with Crippen LogP contribution >= 0.6 is 0 Å². The largest absolute Gasteiger partial charge is 0.478 e. The van der Waals surface area contributed by atoms with E-state index in [4.69, 9.17) is 10.8 Å². The van der Waals surface area contributed by atoms with Crippen LogP contribution in [-0.2, 0) is 6.54 Å². The fourth-order valence-corrected chi connectivity index (χ4v) is 1.53. The maximum Gasteiger partial charge on any atom is 0.337 e. The van der Waals surface area contributed by atoms with Crippen molar-refractivity contribution in [3.63, 3.8) is 0 Å². The summed E-state index contributed by atoms with van der Waals surface area (Å²) in [5.74, 6) is 0.0273. The number of nitrogen functional groups attached to an aromatic ring is 1. The van der Waals surface area contributed by atoms with Gasteiger partial charge in [0.05, 0.1) is 29.7 Å². The van der Waals surface area contributed by atoms with Crippen molar-refractivity contribution < 1.29 is 9.90 Å². The second kappa shape index (κ2) is 5.30. The Morgan fingerprint density at radius 2 is 2.26 bits per heavy atom. The van der Waals surface area contributed by atoms with Crippen LogP contribution in [0.5, 0.6) is 0 Å². The van der Waals surface area contributed by atoms with E-state index in [1.54, 1.807) is 19.2 Å². The molecular weight excluding hydrogens is 246 g/mol. The van der Waals surface area contributed by atoms with Gasteiger partial charge in [-0.15, -0.1) is 0 Å². The number of rotatable bonds is 4. The van der Waals surface area contributed by atoms with E-state index in [1.807, 2.05) is 0 Å². The third-order valence-corrected chi connectivity index (χ3v) is 2.45. The zero-order chi connectivity index (χ0) is 13.8. The summed E-state index contributed by atoms with van der Waals surface area (Å²) in [5.41, 5.74) is 6.48. The van der Waals surface area contributed by atoms with Gasteiger partial charge in [-0.3, -0.25) is 0 Å². The molecule has 98 valence electrons. The van der Waals surface area contributed by atoms with Gasteiger partial charge in [-0.05, 0) is 19.1 Å². The molecule has 2 rings (SSSR count). The van der Waals surface area contributed by atoms with Crippen LogP contribution in [0.3, 0.4) is 0 Å². The molecule has 19 heavy (non-hydrogen) atoms. The van der Waals surface area contributed by atoms with Gasteiger partial charge in [0.1, 0.15) is 11.6 Å². The van der Waals surface area contributed by atoms with Crippen molar-refractivity contribution in [2.75, 3.05) is 11.1 Å². The average Bonchev–Trinajstić information content (AvgIpc) is 2.37. The highest BCUT2D eigenvalue weighted by Crippen LogP contribution is 2.15. The number of pyridine rings is 1. The van der Waals surface area contributed by atoms with Crippen LogP contribution in [0, 0.1) is 6.92 Å². The molecule has 0 fully saturated rings. The second-order valence-electron chi connectivity index (χ2n) is 3.91. The van der Waals surface area contributed by atoms with E-state index >= 15 is 0 Å². The molecule has 0 aliphatic rings. The summed E-state index contributed by atoms with van der Waals surface area (Å²) in [6.07, 6.45) is 2.98. The third kappa shape index (κ3) is 3.15. The van der Waals surface area contributed by atoms with E-state index in [0.29, 0.717) is 18.2 Å². The SMILES string of the molecule is Cc1nccc(CNc2cc(C(=O)O)c(N)cn2)n1. The van der Waals surface area contributed by atoms with Crippen LogP contribution in [0.15, 0.2) is 24.5 Å². The fraction of sp³-hybridized carbons (Fsp3) is 0.167. The minimum absolute atomic E-state index is 0.0244. The molecule has 0 aromatic carbocycles. The first kappa shape index (κ1) is 12.7. The molecule has 2 aromatic heterocycles. The number of anilines is 2. The summed E-state index contributed by atoms with van der Waals surface area (Å²) in [6, 6.07) is 3.17. The molecule has 0 atom stereocenters. The molecule has 2 aromatic rings. The molecule has 0 radical (unpaired) electrons. The Morgan fingerprint density at radius 3 is 2.95 bits per heavy atom. The van der Waals surface area contributed by atoms with Crippen LogP contribution in [-0.4, -0.2) is 26.0 Å². The summed E-state index contributed by atoms with van der Waals surface area (Å²) in [5, 5.41) is 11.9. The Morgan fingerprint density at radius 1 is 1.47 bits per heavy atom. The molecule has 4 N–H and O–H groups in total. The molecule has 0 saturated carbocycles. The predicted molar refractivity (Wildman–Crippen MR) is 69.7 cm³/mol.